The van der Waals surface area contributed by atoms with Crippen LogP contribution in [0.15, 0.2) is 48.7 Å². The average Bonchev–Trinajstić information content (AvgIpc) is 2.95. The Balaban J connectivity index is 1.95. The van der Waals surface area contributed by atoms with Crippen molar-refractivity contribution in [2.75, 3.05) is 20.6 Å². The third-order valence-corrected chi connectivity index (χ3v) is 5.15. The SMILES string of the molecule is CC(C)Cn1cc(CCNSN(C)C)c2ccc(-c3ccccc3F)cc21. The van der Waals surface area contributed by atoms with Gasteiger partial charge in [-0.3, -0.25) is 4.72 Å². The summed E-state index contributed by atoms with van der Waals surface area (Å²) in [5.74, 6) is 0.372. The van der Waals surface area contributed by atoms with Crippen molar-refractivity contribution < 1.29 is 4.39 Å². The number of halogens is 1. The Morgan fingerprint density at radius 1 is 1.15 bits per heavy atom. The van der Waals surface area contributed by atoms with E-state index in [9.17, 15) is 4.39 Å². The maximum absolute atomic E-state index is 14.2. The Hall–Kier alpha value is -1.82. The summed E-state index contributed by atoms with van der Waals surface area (Å²) in [4.78, 5) is 0. The third kappa shape index (κ3) is 4.92. The van der Waals surface area contributed by atoms with E-state index in [0.29, 0.717) is 11.5 Å². The van der Waals surface area contributed by atoms with Gasteiger partial charge < -0.3 is 4.57 Å². The van der Waals surface area contributed by atoms with Gasteiger partial charge in [-0.15, -0.1) is 0 Å². The lowest BCUT2D eigenvalue weighted by Gasteiger charge is -2.10. The first kappa shape index (κ1) is 19.9. The van der Waals surface area contributed by atoms with E-state index in [1.807, 2.05) is 36.6 Å². The summed E-state index contributed by atoms with van der Waals surface area (Å²) in [7, 11) is 4.05. The molecule has 0 aliphatic carbocycles. The summed E-state index contributed by atoms with van der Waals surface area (Å²) < 4.78 is 22.0. The maximum atomic E-state index is 14.2. The van der Waals surface area contributed by atoms with Crippen molar-refractivity contribution >= 4 is 23.0 Å². The number of rotatable bonds is 8. The molecule has 0 spiro atoms. The van der Waals surface area contributed by atoms with Gasteiger partial charge in [0.2, 0.25) is 0 Å². The normalized spacial score (nSPS) is 11.8. The minimum atomic E-state index is -0.177. The Labute approximate surface area is 165 Å². The zero-order chi connectivity index (χ0) is 19.4. The van der Waals surface area contributed by atoms with Crippen LogP contribution in [0.2, 0.25) is 0 Å². The van der Waals surface area contributed by atoms with Crippen LogP contribution in [0, 0.1) is 11.7 Å². The van der Waals surface area contributed by atoms with E-state index in [-0.39, 0.29) is 5.82 Å². The Morgan fingerprint density at radius 2 is 1.93 bits per heavy atom. The molecule has 144 valence electrons. The molecule has 0 saturated heterocycles. The minimum absolute atomic E-state index is 0.177. The van der Waals surface area contributed by atoms with Crippen molar-refractivity contribution in [1.29, 1.82) is 0 Å². The molecule has 1 heterocycles. The molecule has 0 aliphatic heterocycles. The highest BCUT2D eigenvalue weighted by molar-refractivity contribution is 7.95. The van der Waals surface area contributed by atoms with Crippen LogP contribution in [0.3, 0.4) is 0 Å². The van der Waals surface area contributed by atoms with E-state index in [4.69, 9.17) is 0 Å². The van der Waals surface area contributed by atoms with E-state index < -0.39 is 0 Å². The van der Waals surface area contributed by atoms with Crippen LogP contribution in [-0.2, 0) is 13.0 Å². The molecule has 1 N–H and O–H groups in total. The highest BCUT2D eigenvalue weighted by atomic mass is 32.2. The molecule has 0 fully saturated rings. The molecule has 3 nitrogen and oxygen atoms in total. The molecule has 5 heteroatoms. The molecule has 0 amide bonds. The van der Waals surface area contributed by atoms with Crippen LogP contribution < -0.4 is 4.72 Å². The predicted octanol–water partition coefficient (Wildman–Crippen LogP) is 5.36. The molecule has 2 aromatic carbocycles. The first-order valence-corrected chi connectivity index (χ1v) is 10.2. The Kier molecular flexibility index (Phi) is 6.58. The molecule has 1 aromatic heterocycles. The molecular formula is C22H28FN3S. The third-order valence-electron chi connectivity index (χ3n) is 4.46. The molecule has 27 heavy (non-hydrogen) atoms. The molecule has 3 rings (SSSR count). The number of fused-ring (bicyclic) bond motifs is 1. The molecular weight excluding hydrogens is 357 g/mol. The second-order valence-corrected chi connectivity index (χ2v) is 8.66. The van der Waals surface area contributed by atoms with Gasteiger partial charge in [0.25, 0.3) is 0 Å². The van der Waals surface area contributed by atoms with Crippen LogP contribution in [0.5, 0.6) is 0 Å². The predicted molar refractivity (Wildman–Crippen MR) is 115 cm³/mol. The first-order chi connectivity index (χ1) is 13.0. The van der Waals surface area contributed by atoms with Gasteiger partial charge in [0.05, 0.1) is 0 Å². The number of hydrogen-bond acceptors (Lipinski definition) is 3. The number of benzene rings is 2. The van der Waals surface area contributed by atoms with Gasteiger partial charge in [-0.05, 0) is 49.7 Å². The first-order valence-electron chi connectivity index (χ1n) is 9.39. The summed E-state index contributed by atoms with van der Waals surface area (Å²) in [6, 6.07) is 13.3. The van der Waals surface area contributed by atoms with Gasteiger partial charge in [0.1, 0.15) is 5.82 Å². The van der Waals surface area contributed by atoms with Crippen molar-refractivity contribution in [3.05, 3.63) is 60.0 Å². The molecule has 0 aliphatic rings. The van der Waals surface area contributed by atoms with E-state index in [2.05, 4.69) is 41.5 Å². The summed E-state index contributed by atoms with van der Waals surface area (Å²) in [6.45, 7) is 6.30. The number of aromatic nitrogens is 1. The Bertz CT molecular complexity index is 902. The standard InChI is InChI=1S/C22H28FN3S/c1-16(2)14-26-15-18(11-12-24-27-25(3)4)20-10-9-17(13-22(20)26)19-7-5-6-8-21(19)23/h5-10,13,15-16,24H,11-12,14H2,1-4H3. The van der Waals surface area contributed by atoms with Gasteiger partial charge in [-0.1, -0.05) is 44.2 Å². The lowest BCUT2D eigenvalue weighted by Crippen LogP contribution is -2.15. The van der Waals surface area contributed by atoms with Gasteiger partial charge in [-0.25, -0.2) is 8.70 Å². The van der Waals surface area contributed by atoms with Gasteiger partial charge in [0, 0.05) is 47.9 Å². The zero-order valence-corrected chi connectivity index (χ0v) is 17.3. The Morgan fingerprint density at radius 3 is 2.63 bits per heavy atom. The zero-order valence-electron chi connectivity index (χ0n) is 16.5. The topological polar surface area (TPSA) is 20.2 Å². The number of nitrogens with zero attached hydrogens (tertiary/aromatic N) is 2. The van der Waals surface area contributed by atoms with E-state index in [1.165, 1.54) is 22.5 Å². The summed E-state index contributed by atoms with van der Waals surface area (Å²) >= 11 is 1.61. The van der Waals surface area contributed by atoms with Crippen molar-refractivity contribution in [2.45, 2.75) is 26.8 Å². The van der Waals surface area contributed by atoms with Crippen molar-refractivity contribution in [3.63, 3.8) is 0 Å². The average molecular weight is 386 g/mol. The quantitative estimate of drug-likeness (QED) is 0.416. The highest BCUT2D eigenvalue weighted by Gasteiger charge is 2.12. The molecule has 3 aromatic rings. The lowest BCUT2D eigenvalue weighted by molar-refractivity contribution is 0.534. The van der Waals surface area contributed by atoms with Crippen LogP contribution in [0.1, 0.15) is 19.4 Å². The second-order valence-electron chi connectivity index (χ2n) is 7.46. The maximum Gasteiger partial charge on any atom is 0.131 e. The van der Waals surface area contributed by atoms with Crippen molar-refractivity contribution in [2.24, 2.45) is 5.92 Å². The number of nitrogens with one attached hydrogen (secondary N) is 1. The molecule has 0 saturated carbocycles. The number of hydrogen-bond donors (Lipinski definition) is 1. The van der Waals surface area contributed by atoms with Crippen LogP contribution >= 0.6 is 12.1 Å². The molecule has 0 bridgehead atoms. The molecule has 0 atom stereocenters. The van der Waals surface area contributed by atoms with E-state index in [1.54, 1.807) is 18.2 Å². The van der Waals surface area contributed by atoms with Gasteiger partial charge in [-0.2, -0.15) is 0 Å². The summed E-state index contributed by atoms with van der Waals surface area (Å²) in [5, 5.41) is 1.26. The van der Waals surface area contributed by atoms with E-state index >= 15 is 0 Å². The van der Waals surface area contributed by atoms with Crippen LogP contribution in [0.4, 0.5) is 4.39 Å². The second kappa shape index (κ2) is 8.91. The largest absolute Gasteiger partial charge is 0.347 e. The van der Waals surface area contributed by atoms with Crippen molar-refractivity contribution in [1.82, 2.24) is 13.6 Å². The molecule has 0 radical (unpaired) electrons. The fourth-order valence-corrected chi connectivity index (χ4v) is 3.79. The molecule has 0 unspecified atom stereocenters. The monoisotopic (exact) mass is 385 g/mol. The van der Waals surface area contributed by atoms with Gasteiger partial charge >= 0.3 is 0 Å². The summed E-state index contributed by atoms with van der Waals surface area (Å²) in [5.41, 5.74) is 4.09. The highest BCUT2D eigenvalue weighted by Crippen LogP contribution is 2.30. The lowest BCUT2D eigenvalue weighted by atomic mass is 10.0. The fraction of sp³-hybridized carbons (Fsp3) is 0.364. The van der Waals surface area contributed by atoms with Crippen molar-refractivity contribution in [3.8, 4) is 11.1 Å². The fourth-order valence-electron chi connectivity index (χ4n) is 3.33. The van der Waals surface area contributed by atoms with Crippen LogP contribution in [-0.4, -0.2) is 29.5 Å². The summed E-state index contributed by atoms with van der Waals surface area (Å²) in [6.07, 6.45) is 3.22. The minimum Gasteiger partial charge on any atom is -0.347 e. The van der Waals surface area contributed by atoms with Gasteiger partial charge in [0.15, 0.2) is 0 Å². The van der Waals surface area contributed by atoms with E-state index in [0.717, 1.165) is 25.1 Å². The van der Waals surface area contributed by atoms with Crippen LogP contribution in [0.25, 0.3) is 22.0 Å². The smallest absolute Gasteiger partial charge is 0.131 e.